The van der Waals surface area contributed by atoms with Crippen LogP contribution in [-0.2, 0) is 47.4 Å². The van der Waals surface area contributed by atoms with Gasteiger partial charge in [0.2, 0.25) is 0 Å². The van der Waals surface area contributed by atoms with Crippen molar-refractivity contribution in [2.75, 3.05) is 50.0 Å². The number of fused-ring (bicyclic) bond motifs is 2. The summed E-state index contributed by atoms with van der Waals surface area (Å²) in [5.41, 5.74) is -6.25. The zero-order valence-corrected chi connectivity index (χ0v) is 38.9. The van der Waals surface area contributed by atoms with Gasteiger partial charge in [-0.2, -0.15) is 52.7 Å². The molecular weight excluding hydrogens is 1000 g/mol. The lowest BCUT2D eigenvalue weighted by molar-refractivity contribution is -0.666. The second-order valence-corrected chi connectivity index (χ2v) is 17.2. The van der Waals surface area contributed by atoms with Crippen LogP contribution in [0.3, 0.4) is 0 Å². The Morgan fingerprint density at radius 2 is 1.01 bits per heavy atom. The molecule has 1 fully saturated rings. The van der Waals surface area contributed by atoms with Crippen molar-refractivity contribution in [3.05, 3.63) is 155 Å². The highest BCUT2D eigenvalue weighted by molar-refractivity contribution is 5.90. The van der Waals surface area contributed by atoms with E-state index in [2.05, 4.69) is 15.6 Å². The van der Waals surface area contributed by atoms with Crippen molar-refractivity contribution in [2.24, 2.45) is 4.99 Å². The van der Waals surface area contributed by atoms with Crippen LogP contribution in [0.4, 0.5) is 68.9 Å². The van der Waals surface area contributed by atoms with E-state index in [1.807, 2.05) is 100 Å². The molecule has 0 spiro atoms. The Labute approximate surface area is 415 Å². The average Bonchev–Trinajstić information content (AvgIpc) is 3.74. The number of aliphatic imine (C=N–C) groups is 1. The summed E-state index contributed by atoms with van der Waals surface area (Å²) in [6.45, 7) is 0.149. The van der Waals surface area contributed by atoms with Crippen LogP contribution in [-0.4, -0.2) is 74.1 Å². The monoisotopic (exact) mass is 1050 g/mol. The molecule has 2 amide bonds. The molecule has 11 nitrogen and oxygen atoms in total. The molecule has 0 bridgehead atoms. The number of hydrogen-bond donors (Lipinski definition) is 5. The minimum absolute atomic E-state index is 0.00449. The van der Waals surface area contributed by atoms with Gasteiger partial charge in [-0.05, 0) is 81.9 Å². The number of quaternary nitrogens is 1. The minimum Gasteiger partial charge on any atom is -0.846 e. The van der Waals surface area contributed by atoms with Gasteiger partial charge in [-0.1, -0.05) is 84.9 Å². The normalized spacial score (nSPS) is 15.7. The number of ether oxygens (including phenoxy) is 2. The number of rotatable bonds is 16. The zero-order valence-electron chi connectivity index (χ0n) is 38.9. The molecule has 0 saturated carbocycles. The molecule has 1 heterocycles. The first-order chi connectivity index (χ1) is 35.0. The lowest BCUT2D eigenvalue weighted by Gasteiger charge is -2.19. The lowest BCUT2D eigenvalue weighted by Crippen LogP contribution is -2.94. The Kier molecular flexibility index (Phi) is 17.3. The van der Waals surface area contributed by atoms with Crippen LogP contribution in [0.25, 0.3) is 21.5 Å². The number of amides is 2. The third-order valence-electron chi connectivity index (χ3n) is 11.9. The number of nitrogens with zero attached hydrogens (tertiary/aromatic N) is 2. The van der Waals surface area contributed by atoms with Crippen LogP contribution < -0.4 is 31.7 Å². The number of amidine groups is 1. The number of nitrogens with one attached hydrogen (secondary N) is 4. The molecule has 0 aromatic heterocycles. The van der Waals surface area contributed by atoms with Crippen molar-refractivity contribution in [3.63, 3.8) is 0 Å². The van der Waals surface area contributed by atoms with E-state index in [1.54, 1.807) is 5.32 Å². The quantitative estimate of drug-likeness (QED) is 0.0215. The zero-order chi connectivity index (χ0) is 53.3. The van der Waals surface area contributed by atoms with E-state index in [0.717, 1.165) is 32.7 Å². The van der Waals surface area contributed by atoms with Crippen LogP contribution >= 0.6 is 0 Å². The predicted molar refractivity (Wildman–Crippen MR) is 250 cm³/mol. The van der Waals surface area contributed by atoms with Crippen molar-refractivity contribution in [1.29, 1.82) is 0 Å². The maximum atomic E-state index is 13.5. The fraction of sp³-hybridized carbons (Fsp3) is 0.314. The number of alkyl halides is 12. The third-order valence-corrected chi connectivity index (χ3v) is 11.9. The summed E-state index contributed by atoms with van der Waals surface area (Å²) in [5.74, 6) is 0.401. The Balaban J connectivity index is 1.12. The van der Waals surface area contributed by atoms with E-state index in [9.17, 15) is 62.6 Å². The molecule has 0 unspecified atom stereocenters. The van der Waals surface area contributed by atoms with Crippen molar-refractivity contribution in [1.82, 2.24) is 10.6 Å². The van der Waals surface area contributed by atoms with Crippen molar-refractivity contribution < 1.29 is 82.0 Å². The number of nitrogens with two attached hydrogens (primary N) is 1. The topological polar surface area (TPSA) is 139 Å². The predicted octanol–water partition coefficient (Wildman–Crippen LogP) is 9.50. The molecular formula is C51H48F12N7O4+. The molecule has 74 heavy (non-hydrogen) atoms. The summed E-state index contributed by atoms with van der Waals surface area (Å²) >= 11 is 0. The van der Waals surface area contributed by atoms with Gasteiger partial charge in [0.05, 0.1) is 67.8 Å². The molecule has 1 aliphatic heterocycles. The Hall–Kier alpha value is -7.11. The summed E-state index contributed by atoms with van der Waals surface area (Å²) in [6.07, 6.45) is -19.5. The van der Waals surface area contributed by atoms with Crippen LogP contribution in [0.1, 0.15) is 46.2 Å². The van der Waals surface area contributed by atoms with Gasteiger partial charge < -0.3 is 30.5 Å². The SMILES string of the molecule is O=C(NCC[NH2+]C(NCCN=C([O-])Nc1cc(C(F)(F)F)cc(C(F)(F)F)c1)=[N+]1[C@H](COCc2cccc3ccccc23)CC[C@H]1COCc1cccc2ccccc12)Nc1cc(C(F)(F)F)cc(C(F)(F)F)c1. The first kappa shape index (κ1) is 54.7. The molecule has 0 aliphatic carbocycles. The largest absolute Gasteiger partial charge is 0.846 e. The summed E-state index contributed by atoms with van der Waals surface area (Å²) in [7, 11) is 0. The lowest BCUT2D eigenvalue weighted by atomic mass is 10.1. The van der Waals surface area contributed by atoms with Gasteiger partial charge in [-0.25, -0.2) is 20.0 Å². The minimum atomic E-state index is -5.17. The number of halogens is 12. The fourth-order valence-electron chi connectivity index (χ4n) is 8.53. The fourth-order valence-corrected chi connectivity index (χ4v) is 8.53. The number of carbonyl (C=O) groups excluding carboxylic acids is 1. The number of guanidine groups is 1. The Morgan fingerprint density at radius 1 is 0.581 bits per heavy atom. The highest BCUT2D eigenvalue weighted by Gasteiger charge is 2.40. The van der Waals surface area contributed by atoms with Gasteiger partial charge in [0.25, 0.3) is 0 Å². The van der Waals surface area contributed by atoms with Gasteiger partial charge in [-0.15, -0.1) is 0 Å². The molecule has 394 valence electrons. The van der Waals surface area contributed by atoms with Gasteiger partial charge in [0.1, 0.15) is 25.2 Å². The second kappa shape index (κ2) is 23.4. The Bertz CT molecular complexity index is 2810. The summed E-state index contributed by atoms with van der Waals surface area (Å²) in [4.78, 5) is 16.7. The van der Waals surface area contributed by atoms with Gasteiger partial charge in [0, 0.05) is 11.4 Å². The van der Waals surface area contributed by atoms with Gasteiger partial charge >= 0.3 is 36.7 Å². The molecule has 7 rings (SSSR count). The number of anilines is 2. The van der Waals surface area contributed by atoms with Crippen LogP contribution in [0.15, 0.2) is 126 Å². The standard InChI is InChI=1S/C51H47F12N7O4/c52-48(53,54)35-21-36(49(55,56)57)24-39(23-35)68-46(71)66-19-17-64-45(65-18-20-67-47(72)69-40-25-37(50(58,59)60)22-38(26-40)51(61,62)63)70-41(29-73-27-33-11-5-9-31-7-1-3-13-43(31)33)15-16-42(70)30-74-28-34-12-6-10-32-8-2-4-14-44(32)34/h1-14,21-26,41-42H,15-20,27-30H2,(H5,64,65,66,67,68,69,71,72)/p+1/t41-,42-/m0/s1. The highest BCUT2D eigenvalue weighted by Crippen LogP contribution is 2.39. The first-order valence-electron chi connectivity index (χ1n) is 23.0. The maximum Gasteiger partial charge on any atom is 0.441 e. The number of urea groups is 1. The van der Waals surface area contributed by atoms with Gasteiger partial charge in [-0.3, -0.25) is 4.99 Å². The maximum absolute atomic E-state index is 13.5. The van der Waals surface area contributed by atoms with E-state index in [4.69, 9.17) is 9.47 Å². The number of benzene rings is 6. The van der Waals surface area contributed by atoms with E-state index in [1.165, 1.54) is 0 Å². The van der Waals surface area contributed by atoms with Crippen LogP contribution in [0, 0.1) is 0 Å². The van der Waals surface area contributed by atoms with E-state index >= 15 is 0 Å². The second-order valence-electron chi connectivity index (χ2n) is 17.2. The molecule has 23 heteroatoms. The molecule has 6 N–H and O–H groups in total. The van der Waals surface area contributed by atoms with Crippen molar-refractivity contribution in [3.8, 4) is 0 Å². The van der Waals surface area contributed by atoms with Crippen LogP contribution in [0.2, 0.25) is 0 Å². The van der Waals surface area contributed by atoms with Crippen molar-refractivity contribution in [2.45, 2.75) is 62.8 Å². The number of carbonyl (C=O) groups is 1. The first-order valence-corrected chi connectivity index (χ1v) is 23.0. The molecule has 2 atom stereocenters. The van der Waals surface area contributed by atoms with E-state index < -0.39 is 70.4 Å². The summed E-state index contributed by atoms with van der Waals surface area (Å²) in [5, 5.41) is 28.1. The van der Waals surface area contributed by atoms with E-state index in [0.29, 0.717) is 43.1 Å². The summed E-state index contributed by atoms with van der Waals surface area (Å²) < 4.78 is 177. The Morgan fingerprint density at radius 3 is 1.47 bits per heavy atom. The third kappa shape index (κ3) is 14.8. The molecule has 6 aromatic rings. The average molecular weight is 1050 g/mol. The summed E-state index contributed by atoms with van der Waals surface area (Å²) in [6, 6.07) is 25.4. The van der Waals surface area contributed by atoms with Gasteiger partial charge in [0.15, 0.2) is 0 Å². The smallest absolute Gasteiger partial charge is 0.441 e. The molecule has 6 aromatic carbocycles. The molecule has 1 saturated heterocycles. The molecule has 1 aliphatic rings. The highest BCUT2D eigenvalue weighted by atomic mass is 19.4. The molecule has 0 radical (unpaired) electrons. The van der Waals surface area contributed by atoms with E-state index in [-0.39, 0.29) is 76.8 Å². The van der Waals surface area contributed by atoms with Crippen molar-refractivity contribution >= 4 is 50.9 Å². The number of hydrogen-bond acceptors (Lipinski definition) is 5. The van der Waals surface area contributed by atoms with Crippen LogP contribution in [0.5, 0.6) is 0 Å².